The van der Waals surface area contributed by atoms with Gasteiger partial charge < -0.3 is 10.3 Å². The number of aromatic nitrogens is 1. The number of benzene rings is 2. The second kappa shape index (κ2) is 6.62. The molecule has 0 aliphatic carbocycles. The number of nitrogens with zero attached hydrogens (tertiary/aromatic N) is 1. The molecule has 0 aliphatic heterocycles. The maximum Gasteiger partial charge on any atom is 0.133 e. The zero-order valence-corrected chi connectivity index (χ0v) is 14.5. The summed E-state index contributed by atoms with van der Waals surface area (Å²) in [6.45, 7) is 6.65. The zero-order valence-electron chi connectivity index (χ0n) is 14.5. The summed E-state index contributed by atoms with van der Waals surface area (Å²) in [5, 5.41) is 4.21. The Morgan fingerprint density at radius 1 is 0.917 bits per heavy atom. The van der Waals surface area contributed by atoms with Gasteiger partial charge in [-0.1, -0.05) is 64.8 Å². The summed E-state index contributed by atoms with van der Waals surface area (Å²) >= 11 is 0. The molecule has 124 valence electrons. The quantitative estimate of drug-likeness (QED) is 0.770. The van der Waals surface area contributed by atoms with E-state index in [2.05, 4.69) is 67.5 Å². The Hall–Kier alpha value is -2.39. The Balaban J connectivity index is 2.18. The summed E-state index contributed by atoms with van der Waals surface area (Å²) in [6.07, 6.45) is 0.716. The van der Waals surface area contributed by atoms with E-state index in [1.54, 1.807) is 0 Å². The summed E-state index contributed by atoms with van der Waals surface area (Å²) in [4.78, 5) is 0. The van der Waals surface area contributed by atoms with Crippen molar-refractivity contribution in [3.05, 3.63) is 88.3 Å². The molecule has 2 N–H and O–H groups in total. The lowest BCUT2D eigenvalue weighted by molar-refractivity contribution is 0.383. The molecule has 0 fully saturated rings. The van der Waals surface area contributed by atoms with Gasteiger partial charge in [0.15, 0.2) is 0 Å². The first-order chi connectivity index (χ1) is 11.5. The molecule has 3 heteroatoms. The molecule has 3 aromatic rings. The molecule has 0 bridgehead atoms. The molecule has 2 aromatic carbocycles. The number of rotatable bonds is 5. The van der Waals surface area contributed by atoms with Gasteiger partial charge in [0, 0.05) is 24.4 Å². The first-order valence-corrected chi connectivity index (χ1v) is 8.30. The van der Waals surface area contributed by atoms with E-state index in [0.29, 0.717) is 13.0 Å². The van der Waals surface area contributed by atoms with Crippen LogP contribution in [0.4, 0.5) is 0 Å². The summed E-state index contributed by atoms with van der Waals surface area (Å²) in [5.41, 5.74) is 11.9. The molecule has 0 spiro atoms. The van der Waals surface area contributed by atoms with Crippen LogP contribution in [0.5, 0.6) is 0 Å². The van der Waals surface area contributed by atoms with Gasteiger partial charge in [-0.2, -0.15) is 0 Å². The largest absolute Gasteiger partial charge is 0.361 e. The highest BCUT2D eigenvalue weighted by molar-refractivity contribution is 5.44. The van der Waals surface area contributed by atoms with E-state index in [-0.39, 0.29) is 5.41 Å². The van der Waals surface area contributed by atoms with E-state index in [0.717, 1.165) is 11.5 Å². The molecule has 3 rings (SSSR count). The Bertz CT molecular complexity index is 790. The first kappa shape index (κ1) is 16.5. The minimum absolute atomic E-state index is 0.318. The second-order valence-electron chi connectivity index (χ2n) is 6.63. The van der Waals surface area contributed by atoms with E-state index in [1.807, 2.05) is 13.0 Å². The van der Waals surface area contributed by atoms with Crippen molar-refractivity contribution in [1.82, 2.24) is 5.16 Å². The van der Waals surface area contributed by atoms with Crippen LogP contribution in [0.15, 0.2) is 59.1 Å². The van der Waals surface area contributed by atoms with Gasteiger partial charge in [0.25, 0.3) is 0 Å². The van der Waals surface area contributed by atoms with E-state index in [4.69, 9.17) is 10.3 Å². The lowest BCUT2D eigenvalue weighted by atomic mass is 9.70. The fraction of sp³-hybridized carbons (Fsp3) is 0.286. The molecular weight excluding hydrogens is 296 g/mol. The van der Waals surface area contributed by atoms with Crippen LogP contribution in [-0.2, 0) is 11.8 Å². The average molecular weight is 320 g/mol. The van der Waals surface area contributed by atoms with Crippen molar-refractivity contribution < 1.29 is 4.52 Å². The third kappa shape index (κ3) is 3.13. The highest BCUT2D eigenvalue weighted by Crippen LogP contribution is 2.36. The van der Waals surface area contributed by atoms with Crippen molar-refractivity contribution in [3.63, 3.8) is 0 Å². The SMILES string of the molecule is Cc1cccc(C(CN)(Cc2cc(C)on2)c2cccc(C)c2)c1. The van der Waals surface area contributed by atoms with Crippen LogP contribution in [0.1, 0.15) is 33.7 Å². The normalized spacial score (nSPS) is 11.7. The minimum Gasteiger partial charge on any atom is -0.361 e. The maximum atomic E-state index is 6.37. The van der Waals surface area contributed by atoms with Gasteiger partial charge in [-0.05, 0) is 31.9 Å². The van der Waals surface area contributed by atoms with Crippen molar-refractivity contribution >= 4 is 0 Å². The average Bonchev–Trinajstić information content (AvgIpc) is 2.97. The van der Waals surface area contributed by atoms with Gasteiger partial charge in [-0.15, -0.1) is 0 Å². The van der Waals surface area contributed by atoms with Gasteiger partial charge in [0.1, 0.15) is 5.76 Å². The highest BCUT2D eigenvalue weighted by atomic mass is 16.5. The summed E-state index contributed by atoms with van der Waals surface area (Å²) in [7, 11) is 0. The van der Waals surface area contributed by atoms with Crippen LogP contribution < -0.4 is 5.73 Å². The Kier molecular flexibility index (Phi) is 4.54. The van der Waals surface area contributed by atoms with Crippen molar-refractivity contribution in [2.45, 2.75) is 32.6 Å². The topological polar surface area (TPSA) is 52.0 Å². The van der Waals surface area contributed by atoms with E-state index < -0.39 is 0 Å². The van der Waals surface area contributed by atoms with E-state index in [1.165, 1.54) is 22.3 Å². The van der Waals surface area contributed by atoms with E-state index >= 15 is 0 Å². The van der Waals surface area contributed by atoms with Gasteiger partial charge in [-0.3, -0.25) is 0 Å². The zero-order chi connectivity index (χ0) is 17.2. The Morgan fingerprint density at radius 3 is 1.92 bits per heavy atom. The standard InChI is InChI=1S/C21H24N2O/c1-15-6-4-8-18(10-15)21(14-22,13-20-12-17(3)24-23-20)19-9-5-7-16(2)11-19/h4-12H,13-14,22H2,1-3H3. The van der Waals surface area contributed by atoms with Crippen molar-refractivity contribution in [3.8, 4) is 0 Å². The Morgan fingerprint density at radius 2 is 1.50 bits per heavy atom. The van der Waals surface area contributed by atoms with Crippen LogP contribution in [0.3, 0.4) is 0 Å². The number of hydrogen-bond acceptors (Lipinski definition) is 3. The highest BCUT2D eigenvalue weighted by Gasteiger charge is 2.34. The first-order valence-electron chi connectivity index (χ1n) is 8.30. The second-order valence-corrected chi connectivity index (χ2v) is 6.63. The minimum atomic E-state index is -0.318. The van der Waals surface area contributed by atoms with Crippen LogP contribution in [0, 0.1) is 20.8 Å². The molecule has 0 radical (unpaired) electrons. The summed E-state index contributed by atoms with van der Waals surface area (Å²) in [5.74, 6) is 0.824. The van der Waals surface area contributed by atoms with Gasteiger partial charge >= 0.3 is 0 Å². The third-order valence-electron chi connectivity index (χ3n) is 4.65. The molecule has 0 unspecified atom stereocenters. The molecule has 1 aromatic heterocycles. The molecule has 0 atom stereocenters. The molecule has 0 saturated carbocycles. The van der Waals surface area contributed by atoms with Crippen LogP contribution >= 0.6 is 0 Å². The number of hydrogen-bond donors (Lipinski definition) is 1. The third-order valence-corrected chi connectivity index (χ3v) is 4.65. The lowest BCUT2D eigenvalue weighted by Gasteiger charge is -2.34. The van der Waals surface area contributed by atoms with Crippen LogP contribution in [-0.4, -0.2) is 11.7 Å². The van der Waals surface area contributed by atoms with Gasteiger partial charge in [0.2, 0.25) is 0 Å². The maximum absolute atomic E-state index is 6.37. The molecule has 0 amide bonds. The van der Waals surface area contributed by atoms with Crippen molar-refractivity contribution in [1.29, 1.82) is 0 Å². The van der Waals surface area contributed by atoms with Gasteiger partial charge in [-0.25, -0.2) is 0 Å². The van der Waals surface area contributed by atoms with Crippen molar-refractivity contribution in [2.24, 2.45) is 5.73 Å². The molecule has 0 aliphatic rings. The summed E-state index contributed by atoms with van der Waals surface area (Å²) < 4.78 is 5.28. The van der Waals surface area contributed by atoms with Crippen LogP contribution in [0.2, 0.25) is 0 Å². The predicted octanol–water partition coefficient (Wildman–Crippen LogP) is 4.09. The molecular formula is C21H24N2O. The number of aryl methyl sites for hydroxylation is 3. The fourth-order valence-electron chi connectivity index (χ4n) is 3.37. The lowest BCUT2D eigenvalue weighted by Crippen LogP contribution is -2.39. The van der Waals surface area contributed by atoms with E-state index in [9.17, 15) is 0 Å². The molecule has 0 saturated heterocycles. The smallest absolute Gasteiger partial charge is 0.133 e. The Labute approximate surface area is 143 Å². The fourth-order valence-corrected chi connectivity index (χ4v) is 3.37. The molecule has 24 heavy (non-hydrogen) atoms. The van der Waals surface area contributed by atoms with Crippen LogP contribution in [0.25, 0.3) is 0 Å². The summed E-state index contributed by atoms with van der Waals surface area (Å²) in [6, 6.07) is 19.2. The molecule has 1 heterocycles. The molecule has 3 nitrogen and oxygen atoms in total. The monoisotopic (exact) mass is 320 g/mol. The van der Waals surface area contributed by atoms with Crippen molar-refractivity contribution in [2.75, 3.05) is 6.54 Å². The van der Waals surface area contributed by atoms with Gasteiger partial charge in [0.05, 0.1) is 5.69 Å². The number of nitrogens with two attached hydrogens (primary N) is 1. The predicted molar refractivity (Wildman–Crippen MR) is 97.1 cm³/mol.